The van der Waals surface area contributed by atoms with Crippen molar-refractivity contribution in [1.29, 1.82) is 0 Å². The Bertz CT molecular complexity index is 817. The van der Waals surface area contributed by atoms with Gasteiger partial charge in [0.25, 0.3) is 11.8 Å². The van der Waals surface area contributed by atoms with Gasteiger partial charge in [-0.25, -0.2) is 4.39 Å². The number of nitrogens with zero attached hydrogens (tertiary/aromatic N) is 1. The number of amides is 2. The Balaban J connectivity index is 1.64. The number of carbonyl (C=O) groups excluding carboxylic acids is 2. The number of nitrogens with one attached hydrogen (secondary N) is 1. The van der Waals surface area contributed by atoms with Crippen molar-refractivity contribution in [2.75, 3.05) is 24.6 Å². The van der Waals surface area contributed by atoms with Crippen molar-refractivity contribution in [3.05, 3.63) is 65.0 Å². The predicted molar refractivity (Wildman–Crippen MR) is 96.7 cm³/mol. The van der Waals surface area contributed by atoms with Gasteiger partial charge in [0.05, 0.1) is 12.6 Å². The normalized spacial score (nSPS) is 17.3. The molecule has 1 saturated heterocycles. The molecule has 136 valence electrons. The summed E-state index contributed by atoms with van der Waals surface area (Å²) in [5, 5.41) is 2.74. The van der Waals surface area contributed by atoms with Crippen LogP contribution in [0.4, 0.5) is 10.1 Å². The molecule has 1 fully saturated rings. The van der Waals surface area contributed by atoms with E-state index in [0.29, 0.717) is 6.54 Å². The molecule has 5 nitrogen and oxygen atoms in total. The number of carbonyl (C=O) groups is 2. The lowest BCUT2D eigenvalue weighted by molar-refractivity contribution is -0.129. The highest BCUT2D eigenvalue weighted by atomic mass is 19.1. The molecule has 26 heavy (non-hydrogen) atoms. The molecule has 1 unspecified atom stereocenters. The molecule has 0 aromatic heterocycles. The largest absolute Gasteiger partial charge is 0.365 e. The summed E-state index contributed by atoms with van der Waals surface area (Å²) in [6.07, 6.45) is -0.328. The van der Waals surface area contributed by atoms with Gasteiger partial charge in [-0.15, -0.1) is 0 Å². The first-order chi connectivity index (χ1) is 12.4. The van der Waals surface area contributed by atoms with Crippen molar-refractivity contribution in [2.45, 2.75) is 20.0 Å². The monoisotopic (exact) mass is 356 g/mol. The summed E-state index contributed by atoms with van der Waals surface area (Å²) in [6.45, 7) is 4.53. The molecule has 0 saturated carbocycles. The highest BCUT2D eigenvalue weighted by Gasteiger charge is 2.28. The zero-order valence-corrected chi connectivity index (χ0v) is 14.8. The van der Waals surface area contributed by atoms with Crippen molar-refractivity contribution >= 4 is 17.5 Å². The molecule has 0 bridgehead atoms. The first kappa shape index (κ1) is 18.1. The van der Waals surface area contributed by atoms with E-state index in [4.69, 9.17) is 4.74 Å². The smallest absolute Gasteiger partial charge is 0.253 e. The summed E-state index contributed by atoms with van der Waals surface area (Å²) in [5.74, 6) is -0.941. The fourth-order valence-corrected chi connectivity index (χ4v) is 3.04. The molecule has 1 atom stereocenters. The fraction of sp³-hybridized carbons (Fsp3) is 0.300. The van der Waals surface area contributed by atoms with E-state index in [0.717, 1.165) is 16.8 Å². The number of anilines is 1. The Morgan fingerprint density at radius 3 is 2.65 bits per heavy atom. The van der Waals surface area contributed by atoms with E-state index in [9.17, 15) is 14.0 Å². The molecule has 1 aliphatic heterocycles. The van der Waals surface area contributed by atoms with Gasteiger partial charge in [-0.05, 0) is 55.3 Å². The molecule has 2 aromatic rings. The molecule has 1 N–H and O–H groups in total. The maximum atomic E-state index is 13.2. The molecule has 6 heteroatoms. The van der Waals surface area contributed by atoms with Crippen molar-refractivity contribution in [3.63, 3.8) is 0 Å². The molecular formula is C20H21FN2O3. The SMILES string of the molecule is Cc1cc(C)cc(N2CC(CNC(=O)c3cccc(F)c3)OCC2=O)c1. The van der Waals surface area contributed by atoms with E-state index >= 15 is 0 Å². The number of ether oxygens (including phenoxy) is 1. The van der Waals surface area contributed by atoms with E-state index < -0.39 is 5.82 Å². The van der Waals surface area contributed by atoms with Gasteiger partial charge < -0.3 is 15.0 Å². The maximum absolute atomic E-state index is 13.2. The van der Waals surface area contributed by atoms with Crippen LogP contribution in [0.2, 0.25) is 0 Å². The summed E-state index contributed by atoms with van der Waals surface area (Å²) in [4.78, 5) is 26.0. The molecule has 2 aromatic carbocycles. The van der Waals surface area contributed by atoms with Crippen LogP contribution in [-0.4, -0.2) is 37.6 Å². The number of halogens is 1. The minimum Gasteiger partial charge on any atom is -0.365 e. The third kappa shape index (κ3) is 4.26. The fourth-order valence-electron chi connectivity index (χ4n) is 3.04. The molecule has 0 aliphatic carbocycles. The van der Waals surface area contributed by atoms with Gasteiger partial charge in [0.2, 0.25) is 0 Å². The molecule has 1 heterocycles. The van der Waals surface area contributed by atoms with E-state index in [1.54, 1.807) is 11.0 Å². The maximum Gasteiger partial charge on any atom is 0.253 e. The first-order valence-corrected chi connectivity index (χ1v) is 8.46. The summed E-state index contributed by atoms with van der Waals surface area (Å²) >= 11 is 0. The first-order valence-electron chi connectivity index (χ1n) is 8.46. The average Bonchev–Trinajstić information content (AvgIpc) is 2.60. The van der Waals surface area contributed by atoms with Gasteiger partial charge >= 0.3 is 0 Å². The summed E-state index contributed by atoms with van der Waals surface area (Å²) in [6, 6.07) is 11.5. The van der Waals surface area contributed by atoms with Gasteiger partial charge in [-0.3, -0.25) is 9.59 Å². The van der Waals surface area contributed by atoms with Crippen LogP contribution in [0.3, 0.4) is 0 Å². The van der Waals surface area contributed by atoms with E-state index in [1.165, 1.54) is 18.2 Å². The predicted octanol–water partition coefficient (Wildman–Crippen LogP) is 2.60. The van der Waals surface area contributed by atoms with Crippen LogP contribution < -0.4 is 10.2 Å². The Labute approximate surface area is 151 Å². The van der Waals surface area contributed by atoms with Crippen molar-refractivity contribution in [2.24, 2.45) is 0 Å². The third-order valence-corrected chi connectivity index (χ3v) is 4.22. The second kappa shape index (κ2) is 7.66. The Hall–Kier alpha value is -2.73. The molecule has 0 radical (unpaired) electrons. The number of benzene rings is 2. The highest BCUT2D eigenvalue weighted by molar-refractivity contribution is 5.95. The lowest BCUT2D eigenvalue weighted by atomic mass is 10.1. The number of rotatable bonds is 4. The number of morpholine rings is 1. The van der Waals surface area contributed by atoms with Gasteiger partial charge in [0, 0.05) is 17.8 Å². The van der Waals surface area contributed by atoms with Crippen LogP contribution in [0, 0.1) is 19.7 Å². The van der Waals surface area contributed by atoms with Crippen molar-refractivity contribution in [3.8, 4) is 0 Å². The Morgan fingerprint density at radius 2 is 1.96 bits per heavy atom. The van der Waals surface area contributed by atoms with Crippen LogP contribution in [0.25, 0.3) is 0 Å². The third-order valence-electron chi connectivity index (χ3n) is 4.22. The second-order valence-electron chi connectivity index (χ2n) is 6.50. The van der Waals surface area contributed by atoms with Gasteiger partial charge in [-0.1, -0.05) is 12.1 Å². The molecule has 2 amide bonds. The standard InChI is InChI=1S/C20H21FN2O3/c1-13-6-14(2)8-17(7-13)23-11-18(26-12-19(23)24)10-22-20(25)15-4-3-5-16(21)9-15/h3-9,18H,10-12H2,1-2H3,(H,22,25). The minimum absolute atomic E-state index is 0.0342. The Morgan fingerprint density at radius 1 is 1.23 bits per heavy atom. The Kier molecular flexibility index (Phi) is 5.32. The van der Waals surface area contributed by atoms with Gasteiger partial charge in [0.15, 0.2) is 0 Å². The summed E-state index contributed by atoms with van der Waals surface area (Å²) < 4.78 is 18.8. The van der Waals surface area contributed by atoms with Crippen molar-refractivity contribution < 1.29 is 18.7 Å². The lowest BCUT2D eigenvalue weighted by Gasteiger charge is -2.33. The highest BCUT2D eigenvalue weighted by Crippen LogP contribution is 2.22. The molecule has 0 spiro atoms. The van der Waals surface area contributed by atoms with Crippen molar-refractivity contribution in [1.82, 2.24) is 5.32 Å². The summed E-state index contributed by atoms with van der Waals surface area (Å²) in [7, 11) is 0. The molecule has 1 aliphatic rings. The van der Waals surface area contributed by atoms with Crippen LogP contribution in [0.5, 0.6) is 0 Å². The summed E-state index contributed by atoms with van der Waals surface area (Å²) in [5.41, 5.74) is 3.24. The minimum atomic E-state index is -0.460. The van der Waals surface area contributed by atoms with Crippen LogP contribution in [0.15, 0.2) is 42.5 Å². The average molecular weight is 356 g/mol. The lowest BCUT2D eigenvalue weighted by Crippen LogP contribution is -2.50. The van der Waals surface area contributed by atoms with Crippen LogP contribution in [0.1, 0.15) is 21.5 Å². The van der Waals surface area contributed by atoms with Crippen LogP contribution >= 0.6 is 0 Å². The van der Waals surface area contributed by atoms with Crippen LogP contribution in [-0.2, 0) is 9.53 Å². The van der Waals surface area contributed by atoms with E-state index in [2.05, 4.69) is 5.32 Å². The molecule has 3 rings (SSSR count). The zero-order chi connectivity index (χ0) is 18.7. The van der Waals surface area contributed by atoms with E-state index in [1.807, 2.05) is 32.0 Å². The number of hydrogen-bond acceptors (Lipinski definition) is 3. The molecular weight excluding hydrogens is 335 g/mol. The quantitative estimate of drug-likeness (QED) is 0.916. The van der Waals surface area contributed by atoms with E-state index in [-0.39, 0.29) is 36.6 Å². The zero-order valence-electron chi connectivity index (χ0n) is 14.8. The topological polar surface area (TPSA) is 58.6 Å². The van der Waals surface area contributed by atoms with Gasteiger partial charge in [-0.2, -0.15) is 0 Å². The number of aryl methyl sites for hydroxylation is 2. The van der Waals surface area contributed by atoms with Gasteiger partial charge in [0.1, 0.15) is 12.4 Å². The second-order valence-corrected chi connectivity index (χ2v) is 6.50. The number of hydrogen-bond donors (Lipinski definition) is 1.